The van der Waals surface area contributed by atoms with Crippen LogP contribution >= 0.6 is 11.3 Å². The normalized spacial score (nSPS) is 15.9. The van der Waals surface area contributed by atoms with Crippen molar-refractivity contribution in [1.82, 2.24) is 4.98 Å². The van der Waals surface area contributed by atoms with Crippen LogP contribution in [0.4, 0.5) is 8.78 Å². The molecule has 1 aliphatic rings. The van der Waals surface area contributed by atoms with Crippen molar-refractivity contribution in [3.63, 3.8) is 0 Å². The van der Waals surface area contributed by atoms with Crippen molar-refractivity contribution < 1.29 is 8.78 Å². The van der Waals surface area contributed by atoms with Crippen LogP contribution in [0.3, 0.4) is 0 Å². The first-order valence-electron chi connectivity index (χ1n) is 6.83. The Labute approximate surface area is 120 Å². The van der Waals surface area contributed by atoms with E-state index in [1.54, 1.807) is 11.3 Å². The molecule has 1 saturated carbocycles. The van der Waals surface area contributed by atoms with E-state index in [9.17, 15) is 8.78 Å². The van der Waals surface area contributed by atoms with Gasteiger partial charge in [-0.1, -0.05) is 12.8 Å². The summed E-state index contributed by atoms with van der Waals surface area (Å²) in [5.74, 6) is -0.687. The summed E-state index contributed by atoms with van der Waals surface area (Å²) < 4.78 is 26.8. The zero-order valence-electron chi connectivity index (χ0n) is 11.0. The number of nitrogens with zero attached hydrogens (tertiary/aromatic N) is 1. The lowest BCUT2D eigenvalue weighted by atomic mass is 10.0. The molecule has 1 aromatic carbocycles. The molecule has 0 aliphatic heterocycles. The van der Waals surface area contributed by atoms with E-state index in [4.69, 9.17) is 5.73 Å². The van der Waals surface area contributed by atoms with E-state index in [-0.39, 0.29) is 0 Å². The minimum Gasteiger partial charge on any atom is -0.325 e. The first kappa shape index (κ1) is 13.6. The number of halogens is 2. The monoisotopic (exact) mass is 294 g/mol. The summed E-state index contributed by atoms with van der Waals surface area (Å²) in [7, 11) is 0. The molecule has 0 bridgehead atoms. The van der Waals surface area contributed by atoms with Gasteiger partial charge in [-0.05, 0) is 30.9 Å². The minimum absolute atomic E-state index is 0.363. The Morgan fingerprint density at radius 2 is 1.80 bits per heavy atom. The van der Waals surface area contributed by atoms with Gasteiger partial charge in [0.25, 0.3) is 0 Å². The fourth-order valence-corrected chi connectivity index (χ4v) is 3.96. The molecule has 0 saturated heterocycles. The lowest BCUT2D eigenvalue weighted by molar-refractivity contribution is 0.584. The summed E-state index contributed by atoms with van der Waals surface area (Å²) in [6.07, 6.45) is 4.66. The van der Waals surface area contributed by atoms with Crippen molar-refractivity contribution in [2.24, 2.45) is 5.73 Å². The molecule has 0 radical (unpaired) electrons. The summed E-state index contributed by atoms with van der Waals surface area (Å²) in [6, 6.07) is 3.57. The number of rotatable bonds is 3. The summed E-state index contributed by atoms with van der Waals surface area (Å²) >= 11 is 1.58. The van der Waals surface area contributed by atoms with E-state index in [0.717, 1.165) is 28.8 Å². The van der Waals surface area contributed by atoms with Crippen molar-refractivity contribution in [3.05, 3.63) is 39.7 Å². The molecule has 20 heavy (non-hydrogen) atoms. The number of aromatic nitrogens is 1. The van der Waals surface area contributed by atoms with Crippen LogP contribution in [0.25, 0.3) is 11.3 Å². The molecule has 0 amide bonds. The second kappa shape index (κ2) is 5.58. The molecule has 0 atom stereocenters. The highest BCUT2D eigenvalue weighted by Crippen LogP contribution is 2.42. The number of thiazole rings is 1. The van der Waals surface area contributed by atoms with Crippen LogP contribution < -0.4 is 5.73 Å². The maximum atomic E-state index is 13.4. The molecule has 5 heteroatoms. The van der Waals surface area contributed by atoms with E-state index in [2.05, 4.69) is 4.98 Å². The third kappa shape index (κ3) is 2.60. The fraction of sp³-hybridized carbons (Fsp3) is 0.400. The van der Waals surface area contributed by atoms with Crippen molar-refractivity contribution in [2.45, 2.75) is 38.1 Å². The van der Waals surface area contributed by atoms with Gasteiger partial charge < -0.3 is 5.73 Å². The molecule has 1 fully saturated rings. The highest BCUT2D eigenvalue weighted by atomic mass is 32.1. The molecule has 0 spiro atoms. The lowest BCUT2D eigenvalue weighted by Crippen LogP contribution is -1.95. The smallest absolute Gasteiger partial charge is 0.126 e. The quantitative estimate of drug-likeness (QED) is 0.921. The molecule has 1 heterocycles. The van der Waals surface area contributed by atoms with Crippen LogP contribution in [-0.2, 0) is 6.54 Å². The van der Waals surface area contributed by atoms with Gasteiger partial charge in [0.1, 0.15) is 16.6 Å². The van der Waals surface area contributed by atoms with Crippen LogP contribution in [-0.4, -0.2) is 4.98 Å². The molecular weight excluding hydrogens is 278 g/mol. The van der Waals surface area contributed by atoms with E-state index in [0.29, 0.717) is 23.7 Å². The molecule has 0 unspecified atom stereocenters. The molecule has 3 rings (SSSR count). The van der Waals surface area contributed by atoms with Gasteiger partial charge in [0.2, 0.25) is 0 Å². The van der Waals surface area contributed by atoms with Gasteiger partial charge in [-0.25, -0.2) is 13.8 Å². The van der Waals surface area contributed by atoms with E-state index < -0.39 is 11.6 Å². The van der Waals surface area contributed by atoms with Crippen LogP contribution in [0, 0.1) is 11.6 Å². The average Bonchev–Trinajstić information content (AvgIpc) is 3.06. The molecule has 2 nitrogen and oxygen atoms in total. The second-order valence-electron chi connectivity index (χ2n) is 5.16. The van der Waals surface area contributed by atoms with Gasteiger partial charge in [-0.3, -0.25) is 0 Å². The van der Waals surface area contributed by atoms with Crippen LogP contribution in [0.1, 0.15) is 41.5 Å². The molecule has 2 N–H and O–H groups in total. The fourth-order valence-electron chi connectivity index (χ4n) is 2.83. The van der Waals surface area contributed by atoms with Gasteiger partial charge in [-0.15, -0.1) is 11.3 Å². The SMILES string of the molecule is NCc1nc(-c2cc(F)cc(F)c2)c(C2CCCC2)s1. The Morgan fingerprint density at radius 3 is 2.40 bits per heavy atom. The van der Waals surface area contributed by atoms with Crippen molar-refractivity contribution in [3.8, 4) is 11.3 Å². The maximum Gasteiger partial charge on any atom is 0.126 e. The van der Waals surface area contributed by atoms with Gasteiger partial charge >= 0.3 is 0 Å². The summed E-state index contributed by atoms with van der Waals surface area (Å²) in [5.41, 5.74) is 6.89. The number of hydrogen-bond acceptors (Lipinski definition) is 3. The average molecular weight is 294 g/mol. The third-order valence-corrected chi connectivity index (χ3v) is 4.97. The second-order valence-corrected chi connectivity index (χ2v) is 6.28. The number of nitrogens with two attached hydrogens (primary N) is 1. The largest absolute Gasteiger partial charge is 0.325 e. The van der Waals surface area contributed by atoms with E-state index >= 15 is 0 Å². The summed E-state index contributed by atoms with van der Waals surface area (Å²) in [6.45, 7) is 0.363. The number of benzene rings is 1. The van der Waals surface area contributed by atoms with Gasteiger partial charge in [0, 0.05) is 23.1 Å². The van der Waals surface area contributed by atoms with Gasteiger partial charge in [0.15, 0.2) is 0 Å². The Bertz CT molecular complexity index is 598. The topological polar surface area (TPSA) is 38.9 Å². The van der Waals surface area contributed by atoms with E-state index in [1.165, 1.54) is 25.0 Å². The summed E-state index contributed by atoms with van der Waals surface area (Å²) in [5, 5.41) is 0.826. The predicted molar refractivity (Wildman–Crippen MR) is 76.6 cm³/mol. The Balaban J connectivity index is 2.08. The van der Waals surface area contributed by atoms with Crippen molar-refractivity contribution >= 4 is 11.3 Å². The summed E-state index contributed by atoms with van der Waals surface area (Å²) in [4.78, 5) is 5.62. The highest BCUT2D eigenvalue weighted by Gasteiger charge is 2.24. The van der Waals surface area contributed by atoms with Crippen LogP contribution in [0.15, 0.2) is 18.2 Å². The van der Waals surface area contributed by atoms with Crippen LogP contribution in [0.2, 0.25) is 0 Å². The molecule has 1 aromatic heterocycles. The standard InChI is InChI=1S/C15H16F2N2S/c16-11-5-10(6-12(17)7-11)14-15(9-3-1-2-4-9)20-13(8-18)19-14/h5-7,9H,1-4,8,18H2. The van der Waals surface area contributed by atoms with Gasteiger partial charge in [0.05, 0.1) is 5.69 Å². The van der Waals surface area contributed by atoms with Crippen molar-refractivity contribution in [1.29, 1.82) is 0 Å². The maximum absolute atomic E-state index is 13.4. The van der Waals surface area contributed by atoms with Crippen LogP contribution in [0.5, 0.6) is 0 Å². The Morgan fingerprint density at radius 1 is 1.15 bits per heavy atom. The molecule has 2 aromatic rings. The number of hydrogen-bond donors (Lipinski definition) is 1. The van der Waals surface area contributed by atoms with Gasteiger partial charge in [-0.2, -0.15) is 0 Å². The van der Waals surface area contributed by atoms with Crippen molar-refractivity contribution in [2.75, 3.05) is 0 Å². The predicted octanol–water partition coefficient (Wildman–Crippen LogP) is 4.20. The molecule has 106 valence electrons. The first-order chi connectivity index (χ1) is 9.67. The first-order valence-corrected chi connectivity index (χ1v) is 7.65. The van der Waals surface area contributed by atoms with E-state index in [1.807, 2.05) is 0 Å². The zero-order chi connectivity index (χ0) is 14.1. The Hall–Kier alpha value is -1.33. The molecular formula is C15H16F2N2S. The zero-order valence-corrected chi connectivity index (χ0v) is 11.9. The lowest BCUT2D eigenvalue weighted by Gasteiger charge is -2.09. The highest BCUT2D eigenvalue weighted by molar-refractivity contribution is 7.12. The molecule has 1 aliphatic carbocycles. The minimum atomic E-state index is -0.570. The Kier molecular flexibility index (Phi) is 3.81. The third-order valence-electron chi connectivity index (χ3n) is 3.73.